The van der Waals surface area contributed by atoms with Gasteiger partial charge >= 0.3 is 0 Å². The summed E-state index contributed by atoms with van der Waals surface area (Å²) in [5, 5.41) is 13.5. The van der Waals surface area contributed by atoms with Gasteiger partial charge in [-0.3, -0.25) is 0 Å². The van der Waals surface area contributed by atoms with Crippen molar-refractivity contribution in [3.05, 3.63) is 0 Å². The maximum absolute atomic E-state index is 9.85. The Morgan fingerprint density at radius 3 is 2.50 bits per heavy atom. The van der Waals surface area contributed by atoms with Crippen molar-refractivity contribution in [3.63, 3.8) is 0 Å². The fourth-order valence-electron chi connectivity index (χ4n) is 2.67. The predicted octanol–water partition coefficient (Wildman–Crippen LogP) is 2.07. The largest absolute Gasteiger partial charge is 0.392 e. The van der Waals surface area contributed by atoms with Crippen molar-refractivity contribution in [3.8, 4) is 0 Å². The number of rotatable bonds is 4. The fourth-order valence-corrected chi connectivity index (χ4v) is 2.67. The molecule has 0 aromatic rings. The SMILES string of the molecule is CCC(NC1CCCCC1O)C1CC1. The molecular formula is C12H23NO. The monoisotopic (exact) mass is 197 g/mol. The molecule has 2 fully saturated rings. The van der Waals surface area contributed by atoms with Gasteiger partial charge in [0, 0.05) is 12.1 Å². The third kappa shape index (κ3) is 2.48. The average Bonchev–Trinajstić information content (AvgIpc) is 3.00. The van der Waals surface area contributed by atoms with E-state index in [9.17, 15) is 5.11 Å². The highest BCUT2D eigenvalue weighted by atomic mass is 16.3. The van der Waals surface area contributed by atoms with Crippen molar-refractivity contribution in [2.24, 2.45) is 5.92 Å². The lowest BCUT2D eigenvalue weighted by molar-refractivity contribution is 0.0827. The van der Waals surface area contributed by atoms with E-state index < -0.39 is 0 Å². The van der Waals surface area contributed by atoms with Crippen LogP contribution < -0.4 is 5.32 Å². The summed E-state index contributed by atoms with van der Waals surface area (Å²) < 4.78 is 0. The van der Waals surface area contributed by atoms with Gasteiger partial charge < -0.3 is 10.4 Å². The molecule has 0 aromatic carbocycles. The molecule has 3 atom stereocenters. The molecule has 2 rings (SSSR count). The number of hydrogen-bond acceptors (Lipinski definition) is 2. The molecule has 2 aliphatic rings. The van der Waals surface area contributed by atoms with Gasteiger partial charge in [0.1, 0.15) is 0 Å². The standard InChI is InChI=1S/C12H23NO/c1-2-10(9-7-8-9)13-11-5-3-4-6-12(11)14/h9-14H,2-8H2,1H3. The quantitative estimate of drug-likeness (QED) is 0.723. The second-order valence-corrected chi connectivity index (χ2v) is 4.98. The van der Waals surface area contributed by atoms with Crippen molar-refractivity contribution < 1.29 is 5.11 Å². The lowest BCUT2D eigenvalue weighted by atomic mass is 9.91. The highest BCUT2D eigenvalue weighted by Crippen LogP contribution is 2.34. The van der Waals surface area contributed by atoms with Crippen molar-refractivity contribution in [1.82, 2.24) is 5.32 Å². The first-order chi connectivity index (χ1) is 6.81. The van der Waals surface area contributed by atoms with E-state index in [0.29, 0.717) is 12.1 Å². The third-order valence-corrected chi connectivity index (χ3v) is 3.79. The molecule has 2 N–H and O–H groups in total. The van der Waals surface area contributed by atoms with E-state index in [4.69, 9.17) is 0 Å². The van der Waals surface area contributed by atoms with Crippen LogP contribution in [-0.2, 0) is 0 Å². The second kappa shape index (κ2) is 4.63. The van der Waals surface area contributed by atoms with E-state index in [2.05, 4.69) is 12.2 Å². The summed E-state index contributed by atoms with van der Waals surface area (Å²) in [5.74, 6) is 0.911. The first kappa shape index (κ1) is 10.4. The molecule has 3 unspecified atom stereocenters. The summed E-state index contributed by atoms with van der Waals surface area (Å²) in [7, 11) is 0. The van der Waals surface area contributed by atoms with Gasteiger partial charge in [0.05, 0.1) is 6.10 Å². The summed E-state index contributed by atoms with van der Waals surface area (Å²) in [6.07, 6.45) is 8.59. The molecule has 2 saturated carbocycles. The van der Waals surface area contributed by atoms with Crippen LogP contribution in [-0.4, -0.2) is 23.3 Å². The van der Waals surface area contributed by atoms with Gasteiger partial charge in [-0.2, -0.15) is 0 Å². The molecule has 0 aromatic heterocycles. The van der Waals surface area contributed by atoms with Gasteiger partial charge in [0.2, 0.25) is 0 Å². The Morgan fingerprint density at radius 2 is 1.93 bits per heavy atom. The molecule has 0 bridgehead atoms. The lowest BCUT2D eigenvalue weighted by Gasteiger charge is -2.32. The lowest BCUT2D eigenvalue weighted by Crippen LogP contribution is -2.47. The zero-order chi connectivity index (χ0) is 9.97. The summed E-state index contributed by atoms with van der Waals surface area (Å²) in [4.78, 5) is 0. The van der Waals surface area contributed by atoms with Crippen LogP contribution in [0, 0.1) is 5.92 Å². The molecule has 14 heavy (non-hydrogen) atoms. The minimum absolute atomic E-state index is 0.0865. The predicted molar refractivity (Wildman–Crippen MR) is 58.2 cm³/mol. The summed E-state index contributed by atoms with van der Waals surface area (Å²) in [5.41, 5.74) is 0. The number of aliphatic hydroxyl groups excluding tert-OH is 1. The normalized spacial score (nSPS) is 35.6. The summed E-state index contributed by atoms with van der Waals surface area (Å²) in [6, 6.07) is 1.06. The van der Waals surface area contributed by atoms with Crippen LogP contribution in [0.2, 0.25) is 0 Å². The zero-order valence-electron chi connectivity index (χ0n) is 9.21. The Bertz CT molecular complexity index is 179. The molecule has 2 nitrogen and oxygen atoms in total. The van der Waals surface area contributed by atoms with Crippen LogP contribution >= 0.6 is 0 Å². The van der Waals surface area contributed by atoms with Gasteiger partial charge in [-0.05, 0) is 38.0 Å². The van der Waals surface area contributed by atoms with Crippen molar-refractivity contribution in [1.29, 1.82) is 0 Å². The molecular weight excluding hydrogens is 174 g/mol. The Hall–Kier alpha value is -0.0800. The van der Waals surface area contributed by atoms with Crippen LogP contribution in [0.25, 0.3) is 0 Å². The number of nitrogens with one attached hydrogen (secondary N) is 1. The molecule has 2 heteroatoms. The van der Waals surface area contributed by atoms with Gasteiger partial charge in [0.15, 0.2) is 0 Å². The Labute approximate surface area is 87.1 Å². The highest BCUT2D eigenvalue weighted by molar-refractivity contribution is 4.90. The Balaban J connectivity index is 1.81. The van der Waals surface area contributed by atoms with Crippen LogP contribution in [0.1, 0.15) is 51.9 Å². The van der Waals surface area contributed by atoms with E-state index in [0.717, 1.165) is 12.3 Å². The van der Waals surface area contributed by atoms with E-state index in [1.807, 2.05) is 0 Å². The van der Waals surface area contributed by atoms with Crippen LogP contribution in [0.15, 0.2) is 0 Å². The van der Waals surface area contributed by atoms with E-state index in [1.54, 1.807) is 0 Å². The van der Waals surface area contributed by atoms with Crippen molar-refractivity contribution >= 4 is 0 Å². The average molecular weight is 197 g/mol. The van der Waals surface area contributed by atoms with E-state index in [1.165, 1.54) is 38.5 Å². The topological polar surface area (TPSA) is 32.3 Å². The highest BCUT2D eigenvalue weighted by Gasteiger charge is 2.33. The molecule has 0 radical (unpaired) electrons. The third-order valence-electron chi connectivity index (χ3n) is 3.79. The van der Waals surface area contributed by atoms with Crippen LogP contribution in [0.5, 0.6) is 0 Å². The van der Waals surface area contributed by atoms with Crippen LogP contribution in [0.4, 0.5) is 0 Å². The van der Waals surface area contributed by atoms with Gasteiger partial charge in [-0.25, -0.2) is 0 Å². The molecule has 0 heterocycles. The second-order valence-electron chi connectivity index (χ2n) is 4.98. The van der Waals surface area contributed by atoms with Gasteiger partial charge in [0.25, 0.3) is 0 Å². The summed E-state index contributed by atoms with van der Waals surface area (Å²) >= 11 is 0. The van der Waals surface area contributed by atoms with Crippen LogP contribution in [0.3, 0.4) is 0 Å². The molecule has 0 amide bonds. The molecule has 82 valence electrons. The van der Waals surface area contributed by atoms with Crippen molar-refractivity contribution in [2.45, 2.75) is 70.1 Å². The maximum Gasteiger partial charge on any atom is 0.0693 e. The van der Waals surface area contributed by atoms with E-state index in [-0.39, 0.29) is 6.10 Å². The zero-order valence-corrected chi connectivity index (χ0v) is 9.21. The molecule has 2 aliphatic carbocycles. The molecule has 0 spiro atoms. The van der Waals surface area contributed by atoms with Gasteiger partial charge in [-0.15, -0.1) is 0 Å². The molecule has 0 aliphatic heterocycles. The Kier molecular flexibility index (Phi) is 3.45. The molecule has 0 saturated heterocycles. The number of hydrogen-bond donors (Lipinski definition) is 2. The minimum Gasteiger partial charge on any atom is -0.392 e. The fraction of sp³-hybridized carbons (Fsp3) is 1.00. The van der Waals surface area contributed by atoms with Gasteiger partial charge in [-0.1, -0.05) is 19.8 Å². The smallest absolute Gasteiger partial charge is 0.0693 e. The number of aliphatic hydroxyl groups is 1. The maximum atomic E-state index is 9.85. The first-order valence-electron chi connectivity index (χ1n) is 6.25. The minimum atomic E-state index is -0.0865. The summed E-state index contributed by atoms with van der Waals surface area (Å²) in [6.45, 7) is 2.26. The first-order valence-corrected chi connectivity index (χ1v) is 6.25. The Morgan fingerprint density at radius 1 is 1.21 bits per heavy atom. The van der Waals surface area contributed by atoms with E-state index >= 15 is 0 Å². The van der Waals surface area contributed by atoms with Crippen molar-refractivity contribution in [2.75, 3.05) is 0 Å².